The second-order valence-corrected chi connectivity index (χ2v) is 4.69. The van der Waals surface area contributed by atoms with Crippen molar-refractivity contribution in [1.29, 1.82) is 0 Å². The smallest absolute Gasteiger partial charge is 0.299 e. The largest absolute Gasteiger partial charge is 0.308 e. The molecule has 1 aliphatic heterocycles. The molecule has 5 heteroatoms. The number of nitrogens with zero attached hydrogens (tertiary/aromatic N) is 2. The molecule has 1 aromatic carbocycles. The number of rotatable bonds is 3. The highest BCUT2D eigenvalue weighted by Crippen LogP contribution is 2.30. The Balaban J connectivity index is 2.31. The van der Waals surface area contributed by atoms with Crippen molar-refractivity contribution >= 4 is 29.0 Å². The van der Waals surface area contributed by atoms with Crippen LogP contribution in [0.3, 0.4) is 0 Å². The van der Waals surface area contributed by atoms with Crippen molar-refractivity contribution in [3.63, 3.8) is 0 Å². The molecular formula is C12H13ClN2O2. The molecule has 0 N–H and O–H groups in total. The van der Waals surface area contributed by atoms with Crippen molar-refractivity contribution in [3.8, 4) is 0 Å². The minimum atomic E-state index is -0.471. The summed E-state index contributed by atoms with van der Waals surface area (Å²) in [4.78, 5) is 27.0. The molecule has 17 heavy (non-hydrogen) atoms. The molecule has 4 nitrogen and oxygen atoms in total. The second kappa shape index (κ2) is 4.47. The molecule has 0 saturated heterocycles. The van der Waals surface area contributed by atoms with Gasteiger partial charge in [0.05, 0.1) is 11.3 Å². The summed E-state index contributed by atoms with van der Waals surface area (Å²) in [6.45, 7) is 1.22. The summed E-state index contributed by atoms with van der Waals surface area (Å²) >= 11 is 5.82. The van der Waals surface area contributed by atoms with Crippen LogP contribution >= 0.6 is 11.6 Å². The van der Waals surface area contributed by atoms with Crippen LogP contribution in [0.25, 0.3) is 0 Å². The fourth-order valence-corrected chi connectivity index (χ4v) is 1.97. The van der Waals surface area contributed by atoms with Crippen molar-refractivity contribution in [2.75, 3.05) is 32.1 Å². The average molecular weight is 253 g/mol. The number of hydrogen-bond donors (Lipinski definition) is 0. The molecule has 0 fully saturated rings. The molecule has 90 valence electrons. The predicted molar refractivity (Wildman–Crippen MR) is 66.7 cm³/mol. The summed E-state index contributed by atoms with van der Waals surface area (Å²) in [5.41, 5.74) is 1.06. The lowest BCUT2D eigenvalue weighted by Crippen LogP contribution is -2.35. The van der Waals surface area contributed by atoms with Gasteiger partial charge in [-0.15, -0.1) is 0 Å². The van der Waals surface area contributed by atoms with Gasteiger partial charge in [-0.3, -0.25) is 9.59 Å². The summed E-state index contributed by atoms with van der Waals surface area (Å²) in [6.07, 6.45) is 0. The van der Waals surface area contributed by atoms with Crippen LogP contribution in [0.4, 0.5) is 5.69 Å². The van der Waals surface area contributed by atoms with Gasteiger partial charge in [0, 0.05) is 18.1 Å². The van der Waals surface area contributed by atoms with Gasteiger partial charge in [0.2, 0.25) is 0 Å². The third kappa shape index (κ3) is 2.18. The van der Waals surface area contributed by atoms with E-state index < -0.39 is 11.7 Å². The maximum Gasteiger partial charge on any atom is 0.299 e. The first kappa shape index (κ1) is 12.1. The molecule has 0 aromatic heterocycles. The maximum absolute atomic E-state index is 11.8. The lowest BCUT2D eigenvalue weighted by Gasteiger charge is -2.19. The summed E-state index contributed by atoms with van der Waals surface area (Å²) in [5.74, 6) is -0.939. The van der Waals surface area contributed by atoms with Crippen molar-refractivity contribution in [2.24, 2.45) is 0 Å². The number of likely N-dealkylation sites (N-methyl/N-ethyl adjacent to an activating group) is 1. The van der Waals surface area contributed by atoms with E-state index >= 15 is 0 Å². The lowest BCUT2D eigenvalue weighted by molar-refractivity contribution is -0.114. The van der Waals surface area contributed by atoms with Gasteiger partial charge >= 0.3 is 0 Å². The Hall–Kier alpha value is -1.39. The molecule has 1 heterocycles. The molecule has 0 unspecified atom stereocenters. The first-order chi connectivity index (χ1) is 8.00. The number of benzene rings is 1. The first-order valence-electron chi connectivity index (χ1n) is 5.31. The molecule has 0 bridgehead atoms. The highest BCUT2D eigenvalue weighted by Gasteiger charge is 2.35. The molecule has 1 aliphatic rings. The number of amides is 1. The fourth-order valence-electron chi connectivity index (χ4n) is 1.79. The van der Waals surface area contributed by atoms with Gasteiger partial charge < -0.3 is 9.80 Å². The van der Waals surface area contributed by atoms with Crippen molar-refractivity contribution in [2.45, 2.75) is 0 Å². The number of Topliss-reactive ketones (excluding diaryl/α,β-unsaturated/α-hetero) is 1. The Morgan fingerprint density at radius 2 is 2.00 bits per heavy atom. The standard InChI is InChI=1S/C12H13ClN2O2/c1-14(2)5-6-15-10-4-3-8(13)7-9(10)11(16)12(15)17/h3-4,7H,5-6H2,1-2H3. The fraction of sp³-hybridized carbons (Fsp3) is 0.333. The van der Waals surface area contributed by atoms with Crippen LogP contribution < -0.4 is 4.90 Å². The molecule has 1 aromatic rings. The Labute approximate surface area is 105 Å². The molecule has 0 atom stereocenters. The molecule has 1 amide bonds. The zero-order chi connectivity index (χ0) is 12.6. The van der Waals surface area contributed by atoms with Crippen LogP contribution in [0.5, 0.6) is 0 Å². The number of anilines is 1. The van der Waals surface area contributed by atoms with Gasteiger partial charge in [0.15, 0.2) is 0 Å². The topological polar surface area (TPSA) is 40.6 Å². The molecule has 0 aliphatic carbocycles. The zero-order valence-electron chi connectivity index (χ0n) is 9.74. The number of ketones is 1. The van der Waals surface area contributed by atoms with Gasteiger partial charge in [0.1, 0.15) is 0 Å². The molecule has 0 spiro atoms. The Morgan fingerprint density at radius 3 is 2.65 bits per heavy atom. The molecular weight excluding hydrogens is 240 g/mol. The summed E-state index contributed by atoms with van der Waals surface area (Å²) in [5, 5.41) is 0.472. The summed E-state index contributed by atoms with van der Waals surface area (Å²) in [6, 6.07) is 4.96. The van der Waals surface area contributed by atoms with Crippen LogP contribution in [-0.2, 0) is 4.79 Å². The van der Waals surface area contributed by atoms with E-state index in [9.17, 15) is 9.59 Å². The second-order valence-electron chi connectivity index (χ2n) is 4.25. The number of halogens is 1. The van der Waals surface area contributed by atoms with Crippen LogP contribution in [0, 0.1) is 0 Å². The van der Waals surface area contributed by atoms with Crippen LogP contribution in [0.1, 0.15) is 10.4 Å². The predicted octanol–water partition coefficient (Wildman–Crippen LogP) is 1.43. The number of fused-ring (bicyclic) bond motifs is 1. The van der Waals surface area contributed by atoms with Gasteiger partial charge in [-0.05, 0) is 32.3 Å². The molecule has 0 saturated carbocycles. The van der Waals surface area contributed by atoms with E-state index in [-0.39, 0.29) is 0 Å². The van der Waals surface area contributed by atoms with E-state index in [1.54, 1.807) is 18.2 Å². The third-order valence-corrected chi connectivity index (χ3v) is 2.94. The Bertz CT molecular complexity index is 485. The van der Waals surface area contributed by atoms with Crippen LogP contribution in [0.15, 0.2) is 18.2 Å². The molecule has 0 radical (unpaired) electrons. The normalized spacial score (nSPS) is 14.7. The van der Waals surface area contributed by atoms with Crippen LogP contribution in [-0.4, -0.2) is 43.8 Å². The lowest BCUT2D eigenvalue weighted by atomic mass is 10.1. The monoisotopic (exact) mass is 252 g/mol. The van der Waals surface area contributed by atoms with Gasteiger partial charge in [-0.25, -0.2) is 0 Å². The van der Waals surface area contributed by atoms with E-state index in [0.717, 1.165) is 0 Å². The quantitative estimate of drug-likeness (QED) is 0.765. The number of hydrogen-bond acceptors (Lipinski definition) is 3. The number of carbonyl (C=O) groups is 2. The maximum atomic E-state index is 11.8. The zero-order valence-corrected chi connectivity index (χ0v) is 10.5. The number of carbonyl (C=O) groups excluding carboxylic acids is 2. The summed E-state index contributed by atoms with van der Waals surface area (Å²) in [7, 11) is 3.84. The highest BCUT2D eigenvalue weighted by atomic mass is 35.5. The summed E-state index contributed by atoms with van der Waals surface area (Å²) < 4.78 is 0. The minimum Gasteiger partial charge on any atom is -0.308 e. The van der Waals surface area contributed by atoms with E-state index in [4.69, 9.17) is 11.6 Å². The minimum absolute atomic E-state index is 0.404. The van der Waals surface area contributed by atoms with Crippen molar-refractivity contribution < 1.29 is 9.59 Å². The van der Waals surface area contributed by atoms with Crippen molar-refractivity contribution in [3.05, 3.63) is 28.8 Å². The Morgan fingerprint density at radius 1 is 1.29 bits per heavy atom. The van der Waals surface area contributed by atoms with E-state index in [1.807, 2.05) is 19.0 Å². The van der Waals surface area contributed by atoms with Crippen molar-refractivity contribution in [1.82, 2.24) is 4.90 Å². The van der Waals surface area contributed by atoms with Crippen LogP contribution in [0.2, 0.25) is 5.02 Å². The average Bonchev–Trinajstić information content (AvgIpc) is 2.50. The van der Waals surface area contributed by atoms with Gasteiger partial charge in [0.25, 0.3) is 11.7 Å². The van der Waals surface area contributed by atoms with Gasteiger partial charge in [-0.2, -0.15) is 0 Å². The van der Waals surface area contributed by atoms with E-state index in [1.165, 1.54) is 4.90 Å². The highest BCUT2D eigenvalue weighted by molar-refractivity contribution is 6.52. The third-order valence-electron chi connectivity index (χ3n) is 2.70. The SMILES string of the molecule is CN(C)CCN1C(=O)C(=O)c2cc(Cl)ccc21. The first-order valence-corrected chi connectivity index (χ1v) is 5.69. The van der Waals surface area contributed by atoms with E-state index in [0.29, 0.717) is 29.4 Å². The molecule has 2 rings (SSSR count). The Kier molecular flexibility index (Phi) is 3.17. The van der Waals surface area contributed by atoms with E-state index in [2.05, 4.69) is 0 Å². The van der Waals surface area contributed by atoms with Gasteiger partial charge in [-0.1, -0.05) is 11.6 Å².